The van der Waals surface area contributed by atoms with Crippen molar-refractivity contribution in [2.24, 2.45) is 5.10 Å². The summed E-state index contributed by atoms with van der Waals surface area (Å²) >= 11 is 5.26. The van der Waals surface area contributed by atoms with Crippen LogP contribution in [0.5, 0.6) is 0 Å². The van der Waals surface area contributed by atoms with Crippen molar-refractivity contribution in [3.8, 4) is 11.1 Å². The number of hydrogen-bond donors (Lipinski definition) is 1. The number of aromatic nitrogens is 2. The fourth-order valence-electron chi connectivity index (χ4n) is 2.77. The topological polar surface area (TPSA) is 50.1 Å². The van der Waals surface area contributed by atoms with Crippen LogP contribution in [0.2, 0.25) is 0 Å². The number of para-hydroxylation sites is 1. The Morgan fingerprint density at radius 2 is 1.50 bits per heavy atom. The average molecular weight is 357 g/mol. The highest BCUT2D eigenvalue weighted by Gasteiger charge is 2.03. The standard InChI is InChI=1S/C21H15N3OS/c25-20-18-8-4-5-9-19(18)23-21(26)24(20)22-14-15-10-12-17(13-11-15)16-6-2-1-3-7-16/h1-14H,(H,23,26)/b22-14-. The lowest BCUT2D eigenvalue weighted by atomic mass is 10.0. The maximum atomic E-state index is 12.6. The number of benzene rings is 3. The molecule has 5 heteroatoms. The second-order valence-electron chi connectivity index (χ2n) is 5.83. The lowest BCUT2D eigenvalue weighted by Crippen LogP contribution is -2.18. The molecule has 0 bridgehead atoms. The zero-order valence-corrected chi connectivity index (χ0v) is 14.6. The quantitative estimate of drug-likeness (QED) is 0.430. The summed E-state index contributed by atoms with van der Waals surface area (Å²) in [5.41, 5.74) is 3.65. The van der Waals surface area contributed by atoms with Crippen LogP contribution < -0.4 is 5.56 Å². The molecule has 0 saturated carbocycles. The van der Waals surface area contributed by atoms with Gasteiger partial charge in [-0.25, -0.2) is 0 Å². The van der Waals surface area contributed by atoms with Gasteiger partial charge in [-0.1, -0.05) is 66.7 Å². The van der Waals surface area contributed by atoms with Crippen molar-refractivity contribution in [2.45, 2.75) is 0 Å². The molecule has 0 aliphatic rings. The van der Waals surface area contributed by atoms with Crippen LogP contribution in [0.1, 0.15) is 5.56 Å². The highest BCUT2D eigenvalue weighted by molar-refractivity contribution is 7.71. The number of fused-ring (bicyclic) bond motifs is 1. The molecule has 0 aliphatic carbocycles. The molecule has 0 spiro atoms. The lowest BCUT2D eigenvalue weighted by molar-refractivity contribution is 0.800. The molecule has 26 heavy (non-hydrogen) atoms. The van der Waals surface area contributed by atoms with Crippen LogP contribution in [0, 0.1) is 4.77 Å². The molecule has 1 N–H and O–H groups in total. The van der Waals surface area contributed by atoms with E-state index in [1.807, 2.05) is 60.7 Å². The molecule has 0 atom stereocenters. The molecule has 0 fully saturated rings. The van der Waals surface area contributed by atoms with E-state index in [0.29, 0.717) is 10.9 Å². The van der Waals surface area contributed by atoms with Gasteiger partial charge >= 0.3 is 0 Å². The maximum Gasteiger partial charge on any atom is 0.282 e. The van der Waals surface area contributed by atoms with E-state index in [1.54, 1.807) is 12.3 Å². The van der Waals surface area contributed by atoms with Gasteiger partial charge in [0.1, 0.15) is 0 Å². The van der Waals surface area contributed by atoms with Crippen molar-refractivity contribution in [2.75, 3.05) is 0 Å². The van der Waals surface area contributed by atoms with E-state index in [2.05, 4.69) is 22.2 Å². The summed E-state index contributed by atoms with van der Waals surface area (Å²) in [5.74, 6) is 0. The van der Waals surface area contributed by atoms with Crippen molar-refractivity contribution in [1.82, 2.24) is 9.66 Å². The average Bonchev–Trinajstić information content (AvgIpc) is 2.69. The van der Waals surface area contributed by atoms with Gasteiger partial charge in [-0.15, -0.1) is 0 Å². The van der Waals surface area contributed by atoms with Crippen molar-refractivity contribution < 1.29 is 0 Å². The Morgan fingerprint density at radius 3 is 2.27 bits per heavy atom. The Kier molecular flexibility index (Phi) is 4.29. The predicted octanol–water partition coefficient (Wildman–Crippen LogP) is 4.61. The maximum absolute atomic E-state index is 12.6. The van der Waals surface area contributed by atoms with Crippen LogP contribution in [0.15, 0.2) is 88.8 Å². The van der Waals surface area contributed by atoms with Crippen molar-refractivity contribution in [3.05, 3.63) is 99.6 Å². The Balaban J connectivity index is 1.68. The van der Waals surface area contributed by atoms with Crippen LogP contribution in [0.3, 0.4) is 0 Å². The number of aromatic amines is 1. The van der Waals surface area contributed by atoms with Crippen molar-refractivity contribution >= 4 is 29.3 Å². The number of H-pyrrole nitrogens is 1. The summed E-state index contributed by atoms with van der Waals surface area (Å²) in [6.45, 7) is 0. The first-order valence-corrected chi connectivity index (χ1v) is 8.57. The summed E-state index contributed by atoms with van der Waals surface area (Å²) < 4.78 is 1.48. The van der Waals surface area contributed by atoms with Crippen molar-refractivity contribution in [1.29, 1.82) is 0 Å². The molecule has 0 radical (unpaired) electrons. The SMILES string of the molecule is O=c1c2ccccc2[nH]c(=S)n1/N=C\c1ccc(-c2ccccc2)cc1. The van der Waals surface area contributed by atoms with Gasteiger partial charge in [0.05, 0.1) is 17.1 Å². The largest absolute Gasteiger partial charge is 0.330 e. The van der Waals surface area contributed by atoms with E-state index < -0.39 is 0 Å². The van der Waals surface area contributed by atoms with Gasteiger partial charge in [-0.05, 0) is 41.0 Å². The Morgan fingerprint density at radius 1 is 0.846 bits per heavy atom. The summed E-state index contributed by atoms with van der Waals surface area (Å²) in [6, 6.07) is 25.4. The van der Waals surface area contributed by atoms with Gasteiger partial charge in [0.2, 0.25) is 4.77 Å². The van der Waals surface area contributed by atoms with Gasteiger partial charge in [-0.2, -0.15) is 9.78 Å². The van der Waals surface area contributed by atoms with Crippen LogP contribution in [-0.2, 0) is 0 Å². The Labute approximate surface area is 155 Å². The molecule has 1 heterocycles. The summed E-state index contributed by atoms with van der Waals surface area (Å²) in [6.07, 6.45) is 1.63. The smallest absolute Gasteiger partial charge is 0.282 e. The van der Waals surface area contributed by atoms with Crippen LogP contribution in [0.25, 0.3) is 22.0 Å². The molecule has 0 saturated heterocycles. The van der Waals surface area contributed by atoms with Gasteiger partial charge in [0.25, 0.3) is 5.56 Å². The van der Waals surface area contributed by atoms with E-state index in [1.165, 1.54) is 4.68 Å². The molecule has 1 aromatic heterocycles. The molecule has 126 valence electrons. The fraction of sp³-hybridized carbons (Fsp3) is 0. The molecular weight excluding hydrogens is 342 g/mol. The van der Waals surface area contributed by atoms with E-state index >= 15 is 0 Å². The molecule has 0 unspecified atom stereocenters. The predicted molar refractivity (Wildman–Crippen MR) is 108 cm³/mol. The zero-order chi connectivity index (χ0) is 17.9. The van der Waals surface area contributed by atoms with E-state index in [0.717, 1.165) is 16.7 Å². The summed E-state index contributed by atoms with van der Waals surface area (Å²) in [5, 5.41) is 4.83. The molecule has 4 nitrogen and oxygen atoms in total. The fourth-order valence-corrected chi connectivity index (χ4v) is 3.01. The van der Waals surface area contributed by atoms with Crippen LogP contribution >= 0.6 is 12.2 Å². The molecule has 0 amide bonds. The number of hydrogen-bond acceptors (Lipinski definition) is 3. The second-order valence-corrected chi connectivity index (χ2v) is 6.21. The van der Waals surface area contributed by atoms with Gasteiger partial charge < -0.3 is 4.98 Å². The van der Waals surface area contributed by atoms with Crippen LogP contribution in [-0.4, -0.2) is 15.9 Å². The molecule has 3 aromatic carbocycles. The van der Waals surface area contributed by atoms with E-state index in [-0.39, 0.29) is 10.3 Å². The number of rotatable bonds is 3. The monoisotopic (exact) mass is 357 g/mol. The first kappa shape index (κ1) is 16.2. The first-order valence-electron chi connectivity index (χ1n) is 8.16. The van der Waals surface area contributed by atoms with E-state index in [4.69, 9.17) is 12.2 Å². The third kappa shape index (κ3) is 3.12. The van der Waals surface area contributed by atoms with Crippen LogP contribution in [0.4, 0.5) is 0 Å². The minimum absolute atomic E-state index is 0.235. The second kappa shape index (κ2) is 6.90. The van der Waals surface area contributed by atoms with Gasteiger partial charge in [0, 0.05) is 0 Å². The molecule has 4 aromatic rings. The number of nitrogens with one attached hydrogen (secondary N) is 1. The first-order chi connectivity index (χ1) is 12.7. The van der Waals surface area contributed by atoms with Gasteiger partial charge in [0.15, 0.2) is 0 Å². The Hall–Kier alpha value is -3.31. The molecule has 4 rings (SSSR count). The summed E-state index contributed by atoms with van der Waals surface area (Å²) in [7, 11) is 0. The zero-order valence-electron chi connectivity index (χ0n) is 13.8. The summed E-state index contributed by atoms with van der Waals surface area (Å²) in [4.78, 5) is 15.6. The third-order valence-electron chi connectivity index (χ3n) is 4.12. The van der Waals surface area contributed by atoms with E-state index in [9.17, 15) is 4.79 Å². The lowest BCUT2D eigenvalue weighted by Gasteiger charge is -2.03. The normalized spacial score (nSPS) is 11.2. The molecular formula is C21H15N3OS. The number of nitrogens with zero attached hydrogens (tertiary/aromatic N) is 2. The van der Waals surface area contributed by atoms with Crippen molar-refractivity contribution in [3.63, 3.8) is 0 Å². The van der Waals surface area contributed by atoms with Gasteiger partial charge in [-0.3, -0.25) is 4.79 Å². The minimum atomic E-state index is -0.235. The minimum Gasteiger partial charge on any atom is -0.330 e. The molecule has 0 aliphatic heterocycles. The highest BCUT2D eigenvalue weighted by atomic mass is 32.1. The third-order valence-corrected chi connectivity index (χ3v) is 4.40. The highest BCUT2D eigenvalue weighted by Crippen LogP contribution is 2.18. The Bertz CT molecular complexity index is 1210.